The first-order valence-corrected chi connectivity index (χ1v) is 7.37. The molecule has 0 unspecified atom stereocenters. The second-order valence-electron chi connectivity index (χ2n) is 5.09. The summed E-state index contributed by atoms with van der Waals surface area (Å²) in [6.45, 7) is 6.22. The number of pyridine rings is 1. The molecule has 1 aromatic rings. The number of likely N-dealkylation sites (N-methyl/N-ethyl adjacent to an activating group) is 1. The van der Waals surface area contributed by atoms with Gasteiger partial charge in [0.1, 0.15) is 11.0 Å². The molecule has 1 fully saturated rings. The quantitative estimate of drug-likeness (QED) is 0.863. The monoisotopic (exact) mass is 296 g/mol. The number of aromatic nitrogens is 1. The molecule has 1 N–H and O–H groups in total. The first-order valence-electron chi connectivity index (χ1n) is 6.99. The van der Waals surface area contributed by atoms with Gasteiger partial charge >= 0.3 is 0 Å². The van der Waals surface area contributed by atoms with Crippen LogP contribution in [0.25, 0.3) is 0 Å². The third-order valence-electron chi connectivity index (χ3n) is 3.39. The van der Waals surface area contributed by atoms with Gasteiger partial charge in [-0.15, -0.1) is 0 Å². The highest BCUT2D eigenvalue weighted by Gasteiger charge is 2.21. The summed E-state index contributed by atoms with van der Waals surface area (Å²) in [7, 11) is 2.07. The van der Waals surface area contributed by atoms with Crippen molar-refractivity contribution in [3.05, 3.63) is 22.8 Å². The van der Waals surface area contributed by atoms with E-state index in [1.807, 2.05) is 4.90 Å². The van der Waals surface area contributed by atoms with Crippen LogP contribution in [-0.4, -0.2) is 60.5 Å². The molecule has 0 atom stereocenters. The molecule has 0 spiro atoms. The molecular weight excluding hydrogens is 276 g/mol. The van der Waals surface area contributed by atoms with Crippen molar-refractivity contribution in [3.63, 3.8) is 0 Å². The highest BCUT2D eigenvalue weighted by molar-refractivity contribution is 6.29. The average molecular weight is 297 g/mol. The van der Waals surface area contributed by atoms with Crippen molar-refractivity contribution in [2.24, 2.45) is 0 Å². The number of halogens is 1. The number of hydrogen-bond donors (Lipinski definition) is 1. The van der Waals surface area contributed by atoms with Gasteiger partial charge in [0.15, 0.2) is 0 Å². The predicted octanol–water partition coefficient (Wildman–Crippen LogP) is 1.94. The van der Waals surface area contributed by atoms with Crippen LogP contribution in [0.2, 0.25) is 5.15 Å². The van der Waals surface area contributed by atoms with Gasteiger partial charge in [-0.1, -0.05) is 18.5 Å². The van der Waals surface area contributed by atoms with Crippen LogP contribution in [0.3, 0.4) is 0 Å². The SMILES string of the molecule is CCCNc1cc(C(=O)N2CCN(C)CC2)cc(Cl)n1. The topological polar surface area (TPSA) is 48.5 Å². The minimum absolute atomic E-state index is 0.0296. The Morgan fingerprint density at radius 1 is 1.35 bits per heavy atom. The smallest absolute Gasteiger partial charge is 0.254 e. The molecule has 6 heteroatoms. The van der Waals surface area contributed by atoms with Crippen molar-refractivity contribution < 1.29 is 4.79 Å². The summed E-state index contributed by atoms with van der Waals surface area (Å²) in [4.78, 5) is 20.8. The molecule has 1 aliphatic rings. The number of nitrogens with one attached hydrogen (secondary N) is 1. The fourth-order valence-corrected chi connectivity index (χ4v) is 2.36. The average Bonchev–Trinajstić information content (AvgIpc) is 2.44. The molecule has 0 aromatic carbocycles. The Morgan fingerprint density at radius 3 is 2.70 bits per heavy atom. The molecule has 0 radical (unpaired) electrons. The number of carbonyl (C=O) groups excluding carboxylic acids is 1. The first kappa shape index (κ1) is 15.1. The fraction of sp³-hybridized carbons (Fsp3) is 0.571. The van der Waals surface area contributed by atoms with E-state index in [1.54, 1.807) is 12.1 Å². The molecule has 0 bridgehead atoms. The highest BCUT2D eigenvalue weighted by atomic mass is 35.5. The van der Waals surface area contributed by atoms with Crippen molar-refractivity contribution >= 4 is 23.3 Å². The van der Waals surface area contributed by atoms with Crippen LogP contribution in [0.4, 0.5) is 5.82 Å². The number of rotatable bonds is 4. The molecule has 1 amide bonds. The fourth-order valence-electron chi connectivity index (χ4n) is 2.16. The lowest BCUT2D eigenvalue weighted by molar-refractivity contribution is 0.0664. The zero-order valence-corrected chi connectivity index (χ0v) is 12.8. The molecule has 2 rings (SSSR count). The Balaban J connectivity index is 2.10. The Hall–Kier alpha value is -1.33. The van der Waals surface area contributed by atoms with E-state index in [9.17, 15) is 4.79 Å². The third-order valence-corrected chi connectivity index (χ3v) is 3.58. The third kappa shape index (κ3) is 3.84. The standard InChI is InChI=1S/C14H21ClN4O/c1-3-4-16-13-10-11(9-12(15)17-13)14(20)19-7-5-18(2)6-8-19/h9-10H,3-8H2,1-2H3,(H,16,17). The van der Waals surface area contributed by atoms with Crippen molar-refractivity contribution in [2.75, 3.05) is 45.1 Å². The first-order chi connectivity index (χ1) is 9.60. The lowest BCUT2D eigenvalue weighted by Gasteiger charge is -2.32. The van der Waals surface area contributed by atoms with Gasteiger partial charge in [0.05, 0.1) is 0 Å². The van der Waals surface area contributed by atoms with E-state index in [0.29, 0.717) is 16.5 Å². The number of carbonyl (C=O) groups is 1. The zero-order valence-electron chi connectivity index (χ0n) is 12.0. The maximum absolute atomic E-state index is 12.5. The minimum atomic E-state index is 0.0296. The largest absolute Gasteiger partial charge is 0.370 e. The van der Waals surface area contributed by atoms with Gasteiger partial charge < -0.3 is 15.1 Å². The van der Waals surface area contributed by atoms with Gasteiger partial charge in [0, 0.05) is 38.3 Å². The maximum Gasteiger partial charge on any atom is 0.254 e. The van der Waals surface area contributed by atoms with Crippen molar-refractivity contribution in [1.29, 1.82) is 0 Å². The van der Waals surface area contributed by atoms with Gasteiger partial charge in [0.2, 0.25) is 0 Å². The maximum atomic E-state index is 12.5. The van der Waals surface area contributed by atoms with Gasteiger partial charge in [0.25, 0.3) is 5.91 Å². The Kier molecular flexibility index (Phi) is 5.20. The van der Waals surface area contributed by atoms with Crippen LogP contribution in [0.1, 0.15) is 23.7 Å². The van der Waals surface area contributed by atoms with E-state index >= 15 is 0 Å². The normalized spacial score (nSPS) is 16.2. The molecule has 20 heavy (non-hydrogen) atoms. The van der Waals surface area contributed by atoms with E-state index < -0.39 is 0 Å². The molecule has 0 aliphatic carbocycles. The highest BCUT2D eigenvalue weighted by Crippen LogP contribution is 2.17. The molecule has 110 valence electrons. The summed E-state index contributed by atoms with van der Waals surface area (Å²) >= 11 is 6.01. The molecular formula is C14H21ClN4O. The van der Waals surface area contributed by atoms with Crippen LogP contribution in [0.15, 0.2) is 12.1 Å². The summed E-state index contributed by atoms with van der Waals surface area (Å²) in [6, 6.07) is 3.42. The number of nitrogens with zero attached hydrogens (tertiary/aromatic N) is 3. The van der Waals surface area contributed by atoms with E-state index in [2.05, 4.69) is 29.2 Å². The van der Waals surface area contributed by atoms with Crippen LogP contribution in [0.5, 0.6) is 0 Å². The number of piperazine rings is 1. The lowest BCUT2D eigenvalue weighted by Crippen LogP contribution is -2.47. The molecule has 0 saturated carbocycles. The van der Waals surface area contributed by atoms with Crippen LogP contribution in [0, 0.1) is 0 Å². The van der Waals surface area contributed by atoms with Crippen molar-refractivity contribution in [2.45, 2.75) is 13.3 Å². The Labute approximate surface area is 124 Å². The molecule has 1 aromatic heterocycles. The van der Waals surface area contributed by atoms with E-state index in [0.717, 1.165) is 39.1 Å². The van der Waals surface area contributed by atoms with E-state index in [4.69, 9.17) is 11.6 Å². The van der Waals surface area contributed by atoms with E-state index in [1.165, 1.54) is 0 Å². The summed E-state index contributed by atoms with van der Waals surface area (Å²) < 4.78 is 0. The Morgan fingerprint density at radius 2 is 2.05 bits per heavy atom. The summed E-state index contributed by atoms with van der Waals surface area (Å²) in [5, 5.41) is 3.52. The lowest BCUT2D eigenvalue weighted by atomic mass is 10.2. The molecule has 1 saturated heterocycles. The van der Waals surface area contributed by atoms with E-state index in [-0.39, 0.29) is 5.91 Å². The van der Waals surface area contributed by atoms with Gasteiger partial charge in [-0.3, -0.25) is 4.79 Å². The van der Waals surface area contributed by atoms with Crippen LogP contribution >= 0.6 is 11.6 Å². The summed E-state index contributed by atoms with van der Waals surface area (Å²) in [5.41, 5.74) is 0.605. The Bertz CT molecular complexity index is 472. The zero-order chi connectivity index (χ0) is 14.5. The summed E-state index contributed by atoms with van der Waals surface area (Å²) in [6.07, 6.45) is 0.996. The molecule has 1 aliphatic heterocycles. The second kappa shape index (κ2) is 6.90. The number of anilines is 1. The van der Waals surface area contributed by atoms with Crippen LogP contribution in [-0.2, 0) is 0 Å². The van der Waals surface area contributed by atoms with Gasteiger partial charge in [-0.05, 0) is 25.6 Å². The minimum Gasteiger partial charge on any atom is -0.370 e. The summed E-state index contributed by atoms with van der Waals surface area (Å²) in [5.74, 6) is 0.693. The van der Waals surface area contributed by atoms with Gasteiger partial charge in [-0.25, -0.2) is 4.98 Å². The molecule has 5 nitrogen and oxygen atoms in total. The van der Waals surface area contributed by atoms with Crippen molar-refractivity contribution in [3.8, 4) is 0 Å². The van der Waals surface area contributed by atoms with Gasteiger partial charge in [-0.2, -0.15) is 0 Å². The number of amides is 1. The second-order valence-corrected chi connectivity index (χ2v) is 5.47. The van der Waals surface area contributed by atoms with Crippen LogP contribution < -0.4 is 5.32 Å². The number of hydrogen-bond acceptors (Lipinski definition) is 4. The van der Waals surface area contributed by atoms with Crippen molar-refractivity contribution in [1.82, 2.24) is 14.8 Å². The predicted molar refractivity (Wildman–Crippen MR) is 81.4 cm³/mol. The molecule has 2 heterocycles.